The van der Waals surface area contributed by atoms with Crippen LogP contribution in [0.1, 0.15) is 30.9 Å². The molecular weight excluding hydrogens is 541 g/mol. The predicted octanol–water partition coefficient (Wildman–Crippen LogP) is 4.42. The molecule has 2 aromatic carbocycles. The number of dihydropyridines is 1. The fourth-order valence-electron chi connectivity index (χ4n) is 4.39. The number of hydrogen-bond acceptors (Lipinski definition) is 8. The lowest BCUT2D eigenvalue weighted by atomic mass is 9.80. The SMILES string of the molecule is CCOC(=O)C1=C(COCCN)NC(C)=C(C(=O)OCCN(C)Cc2ccccc2)C1c1cccc(Cl)c1Cl. The highest BCUT2D eigenvalue weighted by atomic mass is 35.5. The second kappa shape index (κ2) is 15.1. The van der Waals surface area contributed by atoms with Gasteiger partial charge in [-0.15, -0.1) is 0 Å². The van der Waals surface area contributed by atoms with Gasteiger partial charge in [0, 0.05) is 25.3 Å². The number of nitrogens with one attached hydrogen (secondary N) is 1. The molecule has 2 aromatic rings. The Labute approximate surface area is 239 Å². The van der Waals surface area contributed by atoms with Gasteiger partial charge in [-0.3, -0.25) is 4.90 Å². The Balaban J connectivity index is 1.92. The molecule has 0 radical (unpaired) electrons. The highest BCUT2D eigenvalue weighted by Crippen LogP contribution is 2.43. The fourth-order valence-corrected chi connectivity index (χ4v) is 4.81. The van der Waals surface area contributed by atoms with Crippen molar-refractivity contribution in [1.82, 2.24) is 10.2 Å². The number of halogens is 2. The molecule has 0 aliphatic carbocycles. The van der Waals surface area contributed by atoms with Crippen molar-refractivity contribution < 1.29 is 23.8 Å². The molecule has 0 saturated carbocycles. The van der Waals surface area contributed by atoms with Crippen molar-refractivity contribution in [3.8, 4) is 0 Å². The summed E-state index contributed by atoms with van der Waals surface area (Å²) in [5, 5.41) is 3.69. The summed E-state index contributed by atoms with van der Waals surface area (Å²) in [7, 11) is 1.96. The molecule has 1 aliphatic rings. The summed E-state index contributed by atoms with van der Waals surface area (Å²) >= 11 is 13.0. The van der Waals surface area contributed by atoms with Gasteiger partial charge in [0.05, 0.1) is 52.6 Å². The van der Waals surface area contributed by atoms with Gasteiger partial charge in [-0.25, -0.2) is 9.59 Å². The standard InChI is InChI=1S/C29H35Cl2N3O5/c1-4-38-29(36)26-23(18-37-15-13-32)33-19(2)24(25(26)21-11-8-12-22(30)27(21)31)28(35)39-16-14-34(3)17-20-9-6-5-7-10-20/h5-12,25,33H,4,13-18,32H2,1-3H3. The number of carbonyl (C=O) groups excluding carboxylic acids is 2. The number of benzene rings is 2. The van der Waals surface area contributed by atoms with E-state index in [0.717, 1.165) is 5.56 Å². The summed E-state index contributed by atoms with van der Waals surface area (Å²) in [6.07, 6.45) is 0. The van der Waals surface area contributed by atoms with Crippen LogP contribution >= 0.6 is 23.2 Å². The highest BCUT2D eigenvalue weighted by molar-refractivity contribution is 6.42. The highest BCUT2D eigenvalue weighted by Gasteiger charge is 2.40. The molecule has 0 saturated heterocycles. The zero-order chi connectivity index (χ0) is 28.4. The predicted molar refractivity (Wildman–Crippen MR) is 152 cm³/mol. The number of nitrogens with two attached hydrogens (primary N) is 1. The number of hydrogen-bond donors (Lipinski definition) is 2. The maximum absolute atomic E-state index is 13.6. The molecule has 0 aromatic heterocycles. The van der Waals surface area contributed by atoms with E-state index in [4.69, 9.17) is 43.1 Å². The maximum atomic E-state index is 13.6. The summed E-state index contributed by atoms with van der Waals surface area (Å²) in [5.74, 6) is -2.06. The molecule has 8 nitrogen and oxygen atoms in total. The normalized spacial score (nSPS) is 15.4. The van der Waals surface area contributed by atoms with Crippen LogP contribution in [-0.2, 0) is 30.3 Å². The number of likely N-dealkylation sites (N-methyl/N-ethyl adjacent to an activating group) is 1. The molecular formula is C29H35Cl2N3O5. The van der Waals surface area contributed by atoms with Gasteiger partial charge in [-0.05, 0) is 38.1 Å². The van der Waals surface area contributed by atoms with Crippen molar-refractivity contribution in [1.29, 1.82) is 0 Å². The van der Waals surface area contributed by atoms with E-state index in [9.17, 15) is 9.59 Å². The van der Waals surface area contributed by atoms with Crippen molar-refractivity contribution in [2.45, 2.75) is 26.3 Å². The summed E-state index contributed by atoms with van der Waals surface area (Å²) in [6, 6.07) is 15.1. The zero-order valence-corrected chi connectivity index (χ0v) is 24.0. The van der Waals surface area contributed by atoms with Gasteiger partial charge >= 0.3 is 11.9 Å². The Morgan fingerprint density at radius 1 is 1.00 bits per heavy atom. The zero-order valence-electron chi connectivity index (χ0n) is 22.5. The van der Waals surface area contributed by atoms with Crippen LogP contribution in [-0.4, -0.2) is 63.4 Å². The van der Waals surface area contributed by atoms with E-state index in [2.05, 4.69) is 10.2 Å². The van der Waals surface area contributed by atoms with Crippen molar-refractivity contribution in [2.24, 2.45) is 5.73 Å². The van der Waals surface area contributed by atoms with E-state index >= 15 is 0 Å². The Morgan fingerprint density at radius 2 is 1.72 bits per heavy atom. The molecule has 210 valence electrons. The minimum absolute atomic E-state index is 0.0595. The van der Waals surface area contributed by atoms with Crippen LogP contribution in [0.5, 0.6) is 0 Å². The monoisotopic (exact) mass is 575 g/mol. The van der Waals surface area contributed by atoms with Gasteiger partial charge in [-0.2, -0.15) is 0 Å². The van der Waals surface area contributed by atoms with E-state index in [1.54, 1.807) is 32.0 Å². The summed E-state index contributed by atoms with van der Waals surface area (Å²) < 4.78 is 16.8. The van der Waals surface area contributed by atoms with Crippen molar-refractivity contribution in [3.63, 3.8) is 0 Å². The molecule has 0 amide bonds. The lowest BCUT2D eigenvalue weighted by Crippen LogP contribution is -2.35. The van der Waals surface area contributed by atoms with Crippen LogP contribution in [0, 0.1) is 0 Å². The minimum atomic E-state index is -0.887. The third kappa shape index (κ3) is 8.06. The Morgan fingerprint density at radius 3 is 2.41 bits per heavy atom. The first-order valence-electron chi connectivity index (χ1n) is 12.8. The molecule has 0 spiro atoms. The van der Waals surface area contributed by atoms with Crippen LogP contribution < -0.4 is 11.1 Å². The third-order valence-corrected chi connectivity index (χ3v) is 7.00. The van der Waals surface area contributed by atoms with Crippen LogP contribution in [0.2, 0.25) is 10.0 Å². The quantitative estimate of drug-likeness (QED) is 0.267. The first kappa shape index (κ1) is 30.7. The lowest BCUT2D eigenvalue weighted by molar-refractivity contribution is -0.140. The van der Waals surface area contributed by atoms with Gasteiger partial charge < -0.3 is 25.3 Å². The largest absolute Gasteiger partial charge is 0.463 e. The number of rotatable bonds is 13. The molecule has 10 heteroatoms. The van der Waals surface area contributed by atoms with Crippen LogP contribution in [0.15, 0.2) is 71.1 Å². The van der Waals surface area contributed by atoms with Crippen LogP contribution in [0.25, 0.3) is 0 Å². The number of carbonyl (C=O) groups is 2. The Bertz CT molecular complexity index is 1220. The first-order chi connectivity index (χ1) is 18.8. The van der Waals surface area contributed by atoms with Crippen LogP contribution in [0.4, 0.5) is 0 Å². The summed E-state index contributed by atoms with van der Waals surface area (Å²) in [6.45, 7) is 5.65. The second-order valence-electron chi connectivity index (χ2n) is 9.05. The molecule has 1 aliphatic heterocycles. The Kier molecular flexibility index (Phi) is 11.8. The van der Waals surface area contributed by atoms with Gasteiger partial charge in [-0.1, -0.05) is 65.7 Å². The van der Waals surface area contributed by atoms with Gasteiger partial charge in [0.2, 0.25) is 0 Å². The number of allylic oxidation sites excluding steroid dienone is 1. The van der Waals surface area contributed by atoms with Crippen LogP contribution in [0.3, 0.4) is 0 Å². The van der Waals surface area contributed by atoms with Crippen molar-refractivity contribution >= 4 is 35.1 Å². The molecule has 1 unspecified atom stereocenters. The smallest absolute Gasteiger partial charge is 0.336 e. The maximum Gasteiger partial charge on any atom is 0.336 e. The van der Waals surface area contributed by atoms with E-state index in [0.29, 0.717) is 41.6 Å². The van der Waals surface area contributed by atoms with Gasteiger partial charge in [0.25, 0.3) is 0 Å². The minimum Gasteiger partial charge on any atom is -0.463 e. The van der Waals surface area contributed by atoms with E-state index in [1.165, 1.54) is 0 Å². The number of esters is 2. The average Bonchev–Trinajstić information content (AvgIpc) is 2.90. The van der Waals surface area contributed by atoms with Crippen molar-refractivity contribution in [3.05, 3.63) is 92.2 Å². The Hall–Kier alpha value is -2.88. The molecule has 1 atom stereocenters. The van der Waals surface area contributed by atoms with Gasteiger partial charge in [0.1, 0.15) is 6.61 Å². The lowest BCUT2D eigenvalue weighted by Gasteiger charge is -2.32. The van der Waals surface area contributed by atoms with E-state index in [-0.39, 0.29) is 42.6 Å². The van der Waals surface area contributed by atoms with E-state index < -0.39 is 17.9 Å². The fraction of sp³-hybridized carbons (Fsp3) is 0.379. The topological polar surface area (TPSA) is 103 Å². The first-order valence-corrected chi connectivity index (χ1v) is 13.5. The number of ether oxygens (including phenoxy) is 3. The second-order valence-corrected chi connectivity index (χ2v) is 9.84. The molecule has 1 heterocycles. The average molecular weight is 577 g/mol. The summed E-state index contributed by atoms with van der Waals surface area (Å²) in [4.78, 5) is 29.0. The molecule has 0 fully saturated rings. The molecule has 0 bridgehead atoms. The number of nitrogens with zero attached hydrogens (tertiary/aromatic N) is 1. The summed E-state index contributed by atoms with van der Waals surface area (Å²) in [5.41, 5.74) is 8.64. The van der Waals surface area contributed by atoms with Crippen molar-refractivity contribution in [2.75, 3.05) is 46.6 Å². The van der Waals surface area contributed by atoms with Gasteiger partial charge in [0.15, 0.2) is 0 Å². The molecule has 39 heavy (non-hydrogen) atoms. The third-order valence-electron chi connectivity index (χ3n) is 6.16. The molecule has 3 rings (SSSR count). The van der Waals surface area contributed by atoms with E-state index in [1.807, 2.05) is 37.4 Å². The molecule has 3 N–H and O–H groups in total.